The van der Waals surface area contributed by atoms with Crippen LogP contribution in [0, 0.1) is 5.92 Å². The molecular weight excluding hydrogens is 513 g/mol. The predicted octanol–water partition coefficient (Wildman–Crippen LogP) is 3.96. The number of carbonyl (C=O) groups is 2. The van der Waals surface area contributed by atoms with Crippen LogP contribution in [-0.4, -0.2) is 57.6 Å². The zero-order valence-electron chi connectivity index (χ0n) is 20.4. The molecular formula is C24H31Cl2N3O5S. The van der Waals surface area contributed by atoms with Crippen molar-refractivity contribution >= 4 is 50.7 Å². The molecule has 0 aromatic heterocycles. The quantitative estimate of drug-likeness (QED) is 0.462. The van der Waals surface area contributed by atoms with Crippen molar-refractivity contribution in [1.29, 1.82) is 0 Å². The molecule has 0 bridgehead atoms. The highest BCUT2D eigenvalue weighted by molar-refractivity contribution is 7.92. The van der Waals surface area contributed by atoms with Crippen LogP contribution in [0.2, 0.25) is 10.0 Å². The maximum Gasteiger partial charge on any atom is 0.244 e. The summed E-state index contributed by atoms with van der Waals surface area (Å²) in [4.78, 5) is 27.8. The van der Waals surface area contributed by atoms with E-state index in [2.05, 4.69) is 5.32 Å². The lowest BCUT2D eigenvalue weighted by atomic mass is 10.1. The Hall–Kier alpha value is -2.49. The maximum atomic E-state index is 13.6. The first kappa shape index (κ1) is 28.7. The summed E-state index contributed by atoms with van der Waals surface area (Å²) in [6.45, 7) is 5.27. The minimum absolute atomic E-state index is 0.0862. The van der Waals surface area contributed by atoms with E-state index in [4.69, 9.17) is 27.9 Å². The van der Waals surface area contributed by atoms with E-state index in [0.717, 1.165) is 10.6 Å². The van der Waals surface area contributed by atoms with Crippen LogP contribution >= 0.6 is 23.2 Å². The topological polar surface area (TPSA) is 96.0 Å². The van der Waals surface area contributed by atoms with E-state index in [1.807, 2.05) is 13.8 Å². The number of anilines is 1. The third kappa shape index (κ3) is 7.75. The lowest BCUT2D eigenvalue weighted by Crippen LogP contribution is -2.51. The van der Waals surface area contributed by atoms with Gasteiger partial charge in [-0.3, -0.25) is 13.9 Å². The molecule has 0 saturated heterocycles. The molecule has 2 aromatic rings. The van der Waals surface area contributed by atoms with Gasteiger partial charge in [0.1, 0.15) is 18.3 Å². The Bertz CT molecular complexity index is 1140. The van der Waals surface area contributed by atoms with Crippen LogP contribution in [0.15, 0.2) is 42.5 Å². The minimum Gasteiger partial charge on any atom is -0.495 e. The molecule has 2 rings (SSSR count). The van der Waals surface area contributed by atoms with Gasteiger partial charge in [-0.05, 0) is 37.1 Å². The van der Waals surface area contributed by atoms with Gasteiger partial charge in [-0.25, -0.2) is 8.42 Å². The summed E-state index contributed by atoms with van der Waals surface area (Å²) in [5.41, 5.74) is 0.661. The van der Waals surface area contributed by atoms with Gasteiger partial charge in [0.25, 0.3) is 0 Å². The molecule has 0 radical (unpaired) electrons. The SMILES string of the molecule is COc1ccccc1N(CC(=O)N(Cc1c(Cl)cccc1Cl)[C@H](C)C(=O)NCC(C)C)S(C)(=O)=O. The Labute approximate surface area is 217 Å². The van der Waals surface area contributed by atoms with Crippen LogP contribution in [0.5, 0.6) is 5.75 Å². The second kappa shape index (κ2) is 12.5. The lowest BCUT2D eigenvalue weighted by Gasteiger charge is -2.32. The van der Waals surface area contributed by atoms with Crippen molar-refractivity contribution in [3.63, 3.8) is 0 Å². The molecule has 11 heteroatoms. The number of amides is 2. The first-order chi connectivity index (χ1) is 16.4. The van der Waals surface area contributed by atoms with Gasteiger partial charge in [-0.2, -0.15) is 0 Å². The number of halogens is 2. The summed E-state index contributed by atoms with van der Waals surface area (Å²) >= 11 is 12.7. The number of hydrogen-bond donors (Lipinski definition) is 1. The Morgan fingerprint density at radius 1 is 1.03 bits per heavy atom. The van der Waals surface area contributed by atoms with Crippen LogP contribution in [0.3, 0.4) is 0 Å². The van der Waals surface area contributed by atoms with Crippen LogP contribution in [0.1, 0.15) is 26.3 Å². The van der Waals surface area contributed by atoms with Crippen LogP contribution in [0.25, 0.3) is 0 Å². The molecule has 1 N–H and O–H groups in total. The molecule has 192 valence electrons. The molecule has 0 spiro atoms. The molecule has 8 nitrogen and oxygen atoms in total. The Balaban J connectivity index is 2.46. The van der Waals surface area contributed by atoms with Crippen molar-refractivity contribution in [3.05, 3.63) is 58.1 Å². The number of hydrogen-bond acceptors (Lipinski definition) is 5. The molecule has 0 heterocycles. The standard InChI is InChI=1S/C24H31Cl2N3O5S/c1-16(2)13-27-24(31)17(3)28(14-18-19(25)9-8-10-20(18)26)23(30)15-29(35(5,32)33)21-11-6-7-12-22(21)34-4/h6-12,16-17H,13-15H2,1-5H3,(H,27,31)/t17-/m1/s1. The molecule has 1 atom stereocenters. The summed E-state index contributed by atoms with van der Waals surface area (Å²) in [5.74, 6) is -0.489. The van der Waals surface area contributed by atoms with E-state index < -0.39 is 28.5 Å². The van der Waals surface area contributed by atoms with E-state index in [1.54, 1.807) is 49.4 Å². The fraction of sp³-hybridized carbons (Fsp3) is 0.417. The molecule has 2 amide bonds. The third-order valence-electron chi connectivity index (χ3n) is 5.28. The number of nitrogens with zero attached hydrogens (tertiary/aromatic N) is 2. The van der Waals surface area contributed by atoms with Crippen molar-refractivity contribution in [3.8, 4) is 5.75 Å². The summed E-state index contributed by atoms with van der Waals surface area (Å²) in [6.07, 6.45) is 1.00. The Kier molecular flexibility index (Phi) is 10.2. The zero-order valence-corrected chi connectivity index (χ0v) is 22.7. The van der Waals surface area contributed by atoms with Gasteiger partial charge >= 0.3 is 0 Å². The van der Waals surface area contributed by atoms with Gasteiger partial charge in [0, 0.05) is 28.7 Å². The molecule has 0 unspecified atom stereocenters. The van der Waals surface area contributed by atoms with Gasteiger partial charge in [0.15, 0.2) is 0 Å². The van der Waals surface area contributed by atoms with Crippen molar-refractivity contribution < 1.29 is 22.7 Å². The molecule has 0 aliphatic rings. The summed E-state index contributed by atoms with van der Waals surface area (Å²) in [7, 11) is -2.47. The molecule has 0 fully saturated rings. The highest BCUT2D eigenvalue weighted by Crippen LogP contribution is 2.30. The molecule has 35 heavy (non-hydrogen) atoms. The van der Waals surface area contributed by atoms with Gasteiger partial charge in [-0.15, -0.1) is 0 Å². The molecule has 0 aliphatic heterocycles. The zero-order chi connectivity index (χ0) is 26.3. The number of rotatable bonds is 11. The smallest absolute Gasteiger partial charge is 0.244 e. The largest absolute Gasteiger partial charge is 0.495 e. The Morgan fingerprint density at radius 3 is 2.17 bits per heavy atom. The molecule has 0 aliphatic carbocycles. The van der Waals surface area contributed by atoms with E-state index in [1.165, 1.54) is 12.0 Å². The summed E-state index contributed by atoms with van der Waals surface area (Å²) in [5, 5.41) is 3.47. The first-order valence-electron chi connectivity index (χ1n) is 11.0. The number of nitrogens with one attached hydrogen (secondary N) is 1. The number of methoxy groups -OCH3 is 1. The lowest BCUT2D eigenvalue weighted by molar-refractivity contribution is -0.139. The van der Waals surface area contributed by atoms with Crippen molar-refractivity contribution in [2.45, 2.75) is 33.4 Å². The van der Waals surface area contributed by atoms with E-state index in [0.29, 0.717) is 22.2 Å². The monoisotopic (exact) mass is 543 g/mol. The van der Waals surface area contributed by atoms with Crippen molar-refractivity contribution in [1.82, 2.24) is 10.2 Å². The van der Waals surface area contributed by atoms with E-state index in [-0.39, 0.29) is 29.8 Å². The normalized spacial score (nSPS) is 12.2. The second-order valence-corrected chi connectivity index (χ2v) is 11.2. The van der Waals surface area contributed by atoms with Crippen LogP contribution in [0.4, 0.5) is 5.69 Å². The van der Waals surface area contributed by atoms with Gasteiger partial charge in [0.05, 0.1) is 19.1 Å². The number of carbonyl (C=O) groups excluding carboxylic acids is 2. The maximum absolute atomic E-state index is 13.6. The van der Waals surface area contributed by atoms with Crippen LogP contribution in [-0.2, 0) is 26.2 Å². The number of sulfonamides is 1. The predicted molar refractivity (Wildman–Crippen MR) is 140 cm³/mol. The number of benzene rings is 2. The first-order valence-corrected chi connectivity index (χ1v) is 13.6. The number of ether oxygens (including phenoxy) is 1. The van der Waals surface area contributed by atoms with Gasteiger partial charge < -0.3 is 15.0 Å². The Morgan fingerprint density at radius 2 is 1.63 bits per heavy atom. The minimum atomic E-state index is -3.88. The van der Waals surface area contributed by atoms with Crippen molar-refractivity contribution in [2.75, 3.05) is 30.8 Å². The van der Waals surface area contributed by atoms with E-state index >= 15 is 0 Å². The third-order valence-corrected chi connectivity index (χ3v) is 7.11. The number of para-hydroxylation sites is 2. The second-order valence-electron chi connectivity index (χ2n) is 8.48. The highest BCUT2D eigenvalue weighted by Gasteiger charge is 2.31. The average Bonchev–Trinajstić information content (AvgIpc) is 2.79. The van der Waals surface area contributed by atoms with Gasteiger partial charge in [0.2, 0.25) is 21.8 Å². The highest BCUT2D eigenvalue weighted by atomic mass is 35.5. The summed E-state index contributed by atoms with van der Waals surface area (Å²) < 4.78 is 31.6. The fourth-order valence-electron chi connectivity index (χ4n) is 3.32. The van der Waals surface area contributed by atoms with Crippen molar-refractivity contribution in [2.24, 2.45) is 5.92 Å². The van der Waals surface area contributed by atoms with E-state index in [9.17, 15) is 18.0 Å². The average molecular weight is 545 g/mol. The summed E-state index contributed by atoms with van der Waals surface area (Å²) in [6, 6.07) is 10.5. The molecule has 0 saturated carbocycles. The van der Waals surface area contributed by atoms with Gasteiger partial charge in [-0.1, -0.05) is 55.2 Å². The fourth-order valence-corrected chi connectivity index (χ4v) is 4.69. The van der Waals surface area contributed by atoms with Crippen LogP contribution < -0.4 is 14.4 Å². The molecule has 2 aromatic carbocycles.